The lowest BCUT2D eigenvalue weighted by molar-refractivity contribution is 0.0676. The van der Waals surface area contributed by atoms with Crippen LogP contribution in [-0.4, -0.2) is 56.1 Å². The van der Waals surface area contributed by atoms with Gasteiger partial charge in [0.2, 0.25) is 11.6 Å². The molecule has 0 amide bonds. The highest BCUT2D eigenvalue weighted by Gasteiger charge is 2.27. The van der Waals surface area contributed by atoms with Gasteiger partial charge in [0.05, 0.1) is 18.0 Å². The number of aryl methyl sites for hydroxylation is 1. The molecule has 1 aliphatic carbocycles. The molecule has 164 valence electrons. The van der Waals surface area contributed by atoms with Gasteiger partial charge in [-0.3, -0.25) is 5.10 Å². The van der Waals surface area contributed by atoms with Crippen LogP contribution < -0.4 is 4.74 Å². The predicted molar refractivity (Wildman–Crippen MR) is 113 cm³/mol. The summed E-state index contributed by atoms with van der Waals surface area (Å²) in [5.74, 6) is -0.429. The zero-order valence-electron chi connectivity index (χ0n) is 17.7. The predicted octanol–water partition coefficient (Wildman–Crippen LogP) is 3.20. The van der Waals surface area contributed by atoms with Gasteiger partial charge in [-0.15, -0.1) is 5.10 Å². The molecule has 2 aromatic heterocycles. The van der Waals surface area contributed by atoms with Gasteiger partial charge in [-0.2, -0.15) is 5.10 Å². The van der Waals surface area contributed by atoms with Gasteiger partial charge in [0.1, 0.15) is 6.10 Å². The highest BCUT2D eigenvalue weighted by molar-refractivity contribution is 5.87. The number of carboxylic acid groups (broad SMARTS) is 1. The van der Waals surface area contributed by atoms with Crippen LogP contribution in [0.5, 0.6) is 5.88 Å². The molecular weight excluding hydrogens is 398 g/mol. The fourth-order valence-corrected chi connectivity index (χ4v) is 4.07. The summed E-state index contributed by atoms with van der Waals surface area (Å²) in [6.45, 7) is 0.657. The maximum absolute atomic E-state index is 11.3. The van der Waals surface area contributed by atoms with Crippen LogP contribution in [0, 0.1) is 0 Å². The highest BCUT2D eigenvalue weighted by atomic mass is 16.5. The number of benzene rings is 1. The second kappa shape index (κ2) is 9.30. The van der Waals surface area contributed by atoms with E-state index in [4.69, 9.17) is 9.47 Å². The molecule has 4 rings (SSSR count). The van der Waals surface area contributed by atoms with E-state index in [1.54, 1.807) is 14.2 Å². The van der Waals surface area contributed by atoms with Gasteiger partial charge < -0.3 is 14.6 Å². The summed E-state index contributed by atoms with van der Waals surface area (Å²) in [5, 5.41) is 24.1. The third-order valence-corrected chi connectivity index (χ3v) is 5.82. The average molecular weight is 425 g/mol. The van der Waals surface area contributed by atoms with E-state index in [2.05, 4.69) is 50.8 Å². The first-order valence-corrected chi connectivity index (χ1v) is 10.5. The molecule has 0 aliphatic heterocycles. The molecule has 1 aliphatic rings. The quantitative estimate of drug-likeness (QED) is 0.569. The van der Waals surface area contributed by atoms with Crippen LogP contribution in [0.2, 0.25) is 0 Å². The van der Waals surface area contributed by atoms with Crippen molar-refractivity contribution in [2.75, 3.05) is 13.7 Å². The lowest BCUT2D eigenvalue weighted by Crippen LogP contribution is -2.25. The van der Waals surface area contributed by atoms with E-state index in [-0.39, 0.29) is 17.7 Å². The minimum atomic E-state index is -1.13. The molecule has 31 heavy (non-hydrogen) atoms. The van der Waals surface area contributed by atoms with E-state index in [1.165, 1.54) is 10.2 Å². The van der Waals surface area contributed by atoms with E-state index in [0.29, 0.717) is 12.5 Å². The van der Waals surface area contributed by atoms with Crippen LogP contribution in [0.1, 0.15) is 53.3 Å². The maximum Gasteiger partial charge on any atom is 0.362 e. The topological polar surface area (TPSA) is 115 Å². The van der Waals surface area contributed by atoms with Crippen LogP contribution in [0.25, 0.3) is 11.3 Å². The highest BCUT2D eigenvalue weighted by Crippen LogP contribution is 2.35. The Kier molecular flexibility index (Phi) is 6.31. The number of aromatic amines is 1. The average Bonchev–Trinajstić information content (AvgIpc) is 3.40. The second-order valence-corrected chi connectivity index (χ2v) is 7.90. The number of nitrogens with one attached hydrogen (secondary N) is 1. The van der Waals surface area contributed by atoms with Crippen molar-refractivity contribution in [1.29, 1.82) is 0 Å². The minimum absolute atomic E-state index is 0.0265. The Balaban J connectivity index is 1.34. The smallest absolute Gasteiger partial charge is 0.362 e. The number of methoxy groups -OCH3 is 1. The van der Waals surface area contributed by atoms with E-state index < -0.39 is 5.97 Å². The summed E-state index contributed by atoms with van der Waals surface area (Å²) in [4.78, 5) is 11.3. The molecular formula is C22H27N5O4. The first kappa shape index (κ1) is 21.0. The number of carboxylic acids is 1. The van der Waals surface area contributed by atoms with Crippen molar-refractivity contribution in [1.82, 2.24) is 25.2 Å². The Morgan fingerprint density at radius 1 is 1.23 bits per heavy atom. The van der Waals surface area contributed by atoms with E-state index in [1.807, 2.05) is 0 Å². The van der Waals surface area contributed by atoms with Gasteiger partial charge in [-0.05, 0) is 48.8 Å². The van der Waals surface area contributed by atoms with Crippen LogP contribution in [0.15, 0.2) is 30.3 Å². The molecule has 2 N–H and O–H groups in total. The maximum atomic E-state index is 11.3. The van der Waals surface area contributed by atoms with E-state index >= 15 is 0 Å². The molecule has 1 saturated carbocycles. The molecule has 1 fully saturated rings. The Labute approximate surface area is 180 Å². The number of H-pyrrole nitrogens is 1. The van der Waals surface area contributed by atoms with Crippen LogP contribution in [-0.2, 0) is 18.2 Å². The van der Waals surface area contributed by atoms with Crippen molar-refractivity contribution in [3.05, 3.63) is 47.3 Å². The monoisotopic (exact) mass is 425 g/mol. The number of rotatable bonds is 8. The van der Waals surface area contributed by atoms with Crippen LogP contribution in [0.3, 0.4) is 0 Å². The number of aromatic nitrogens is 5. The lowest BCUT2D eigenvalue weighted by Gasteiger charge is -2.29. The van der Waals surface area contributed by atoms with Gasteiger partial charge in [0.15, 0.2) is 0 Å². The fourth-order valence-electron chi connectivity index (χ4n) is 4.07. The Bertz CT molecular complexity index is 1020. The molecule has 0 atom stereocenters. The summed E-state index contributed by atoms with van der Waals surface area (Å²) >= 11 is 0. The molecule has 0 bridgehead atoms. The molecule has 0 radical (unpaired) electrons. The second-order valence-electron chi connectivity index (χ2n) is 7.90. The minimum Gasteiger partial charge on any atom is -0.476 e. The van der Waals surface area contributed by atoms with Gasteiger partial charge in [-0.25, -0.2) is 9.48 Å². The molecule has 0 spiro atoms. The zero-order valence-corrected chi connectivity index (χ0v) is 17.7. The molecule has 0 saturated heterocycles. The molecule has 0 unspecified atom stereocenters. The molecule has 3 aromatic rings. The number of hydrogen-bond acceptors (Lipinski definition) is 6. The van der Waals surface area contributed by atoms with Gasteiger partial charge >= 0.3 is 5.97 Å². The van der Waals surface area contributed by atoms with Gasteiger partial charge in [0.25, 0.3) is 0 Å². The van der Waals surface area contributed by atoms with Crippen molar-refractivity contribution in [2.45, 2.75) is 44.1 Å². The van der Waals surface area contributed by atoms with Crippen molar-refractivity contribution in [3.63, 3.8) is 0 Å². The Morgan fingerprint density at radius 2 is 1.97 bits per heavy atom. The number of ether oxygens (including phenoxy) is 2. The van der Waals surface area contributed by atoms with Crippen molar-refractivity contribution >= 4 is 5.97 Å². The normalized spacial score (nSPS) is 18.8. The molecule has 2 heterocycles. The number of carbonyl (C=O) groups is 1. The lowest BCUT2D eigenvalue weighted by atomic mass is 9.82. The SMILES string of the molecule is COCCc1cc(-c2ccc([C@H]3CC[C@H](Oc4c(C(=O)O)nnn4C)CC3)cc2)[nH]n1. The molecule has 1 aromatic carbocycles. The summed E-state index contributed by atoms with van der Waals surface area (Å²) in [6.07, 6.45) is 4.46. The zero-order chi connectivity index (χ0) is 21.8. The third-order valence-electron chi connectivity index (χ3n) is 5.82. The first-order valence-electron chi connectivity index (χ1n) is 10.5. The van der Waals surface area contributed by atoms with Crippen LogP contribution in [0.4, 0.5) is 0 Å². The molecule has 9 heteroatoms. The van der Waals surface area contributed by atoms with E-state index in [0.717, 1.165) is 49.1 Å². The van der Waals surface area contributed by atoms with Gasteiger partial charge in [0, 0.05) is 20.6 Å². The Hall–Kier alpha value is -3.20. The fraction of sp³-hybridized carbons (Fsp3) is 0.455. The molecule has 9 nitrogen and oxygen atoms in total. The van der Waals surface area contributed by atoms with Crippen LogP contribution >= 0.6 is 0 Å². The first-order chi connectivity index (χ1) is 15.0. The third kappa shape index (κ3) is 4.77. The van der Waals surface area contributed by atoms with Crippen molar-refractivity contribution in [3.8, 4) is 17.1 Å². The summed E-state index contributed by atoms with van der Waals surface area (Å²) in [5.41, 5.74) is 4.30. The Morgan fingerprint density at radius 3 is 2.65 bits per heavy atom. The summed E-state index contributed by atoms with van der Waals surface area (Å²) < 4.78 is 12.4. The van der Waals surface area contributed by atoms with Crippen molar-refractivity contribution < 1.29 is 19.4 Å². The summed E-state index contributed by atoms with van der Waals surface area (Å²) in [7, 11) is 3.33. The van der Waals surface area contributed by atoms with Gasteiger partial charge in [-0.1, -0.05) is 29.5 Å². The van der Waals surface area contributed by atoms with Crippen molar-refractivity contribution in [2.24, 2.45) is 7.05 Å². The van der Waals surface area contributed by atoms with E-state index in [9.17, 15) is 9.90 Å². The summed E-state index contributed by atoms with van der Waals surface area (Å²) in [6, 6.07) is 10.7. The number of nitrogens with zero attached hydrogens (tertiary/aromatic N) is 4. The number of hydrogen-bond donors (Lipinski definition) is 2. The largest absolute Gasteiger partial charge is 0.476 e. The number of aromatic carboxylic acids is 1. The standard InChI is InChI=1S/C22H27N5O4/c1-27-21(20(22(28)29)25-26-27)31-18-9-7-15(8-10-18)14-3-5-16(6-4-14)19-13-17(23-24-19)11-12-30-2/h3-6,13,15,18H,7-12H2,1-2H3,(H,23,24)(H,28,29)/t15-,18-.